The summed E-state index contributed by atoms with van der Waals surface area (Å²) in [6.07, 6.45) is 1.62. The molecule has 0 spiro atoms. The van der Waals surface area contributed by atoms with Crippen LogP contribution in [0.2, 0.25) is 0 Å². The molecule has 0 aromatic heterocycles. The highest BCUT2D eigenvalue weighted by atomic mass is 32.2. The van der Waals surface area contributed by atoms with Crippen LogP contribution in [0.1, 0.15) is 44.7 Å². The lowest BCUT2D eigenvalue weighted by Gasteiger charge is -2.16. The van der Waals surface area contributed by atoms with E-state index in [0.717, 1.165) is 24.0 Å². The van der Waals surface area contributed by atoms with Crippen LogP contribution in [-0.4, -0.2) is 50.1 Å². The van der Waals surface area contributed by atoms with Crippen molar-refractivity contribution in [1.29, 1.82) is 0 Å². The Labute approximate surface area is 187 Å². The van der Waals surface area contributed by atoms with Gasteiger partial charge in [0.05, 0.1) is 11.4 Å². The molecule has 32 heavy (non-hydrogen) atoms. The Bertz CT molecular complexity index is 1120. The second kappa shape index (κ2) is 9.92. The predicted molar refractivity (Wildman–Crippen MR) is 118 cm³/mol. The lowest BCUT2D eigenvalue weighted by atomic mass is 10.1. The van der Waals surface area contributed by atoms with Gasteiger partial charge in [-0.1, -0.05) is 23.3 Å². The summed E-state index contributed by atoms with van der Waals surface area (Å²) in [7, 11) is -3.66. The lowest BCUT2D eigenvalue weighted by Crippen LogP contribution is -2.46. The number of carbonyl (C=O) groups excluding carboxylic acids is 3. The molecule has 0 aliphatic carbocycles. The molecule has 3 rings (SSSR count). The smallest absolute Gasteiger partial charge is 0.269 e. The maximum Gasteiger partial charge on any atom is 0.269 e. The number of rotatable bonds is 6. The highest BCUT2D eigenvalue weighted by molar-refractivity contribution is 7.89. The Morgan fingerprint density at radius 2 is 1.53 bits per heavy atom. The molecule has 1 heterocycles. The standard InChI is InChI=1S/C22H26N4O5S/c1-15-10-16(2)12-18(11-15)21(28)23-14-20(27)24-25-22(29)17-6-5-7-19(13-17)32(30,31)26-8-3-4-9-26/h5-7,10-13H,3-4,8-9,14H2,1-2H3,(H,23,28)(H,24,27)(H,25,29). The van der Waals surface area contributed by atoms with E-state index in [9.17, 15) is 22.8 Å². The Hall–Kier alpha value is -3.24. The van der Waals surface area contributed by atoms with Crippen LogP contribution >= 0.6 is 0 Å². The molecule has 0 atom stereocenters. The second-order valence-electron chi connectivity index (χ2n) is 7.70. The predicted octanol–water partition coefficient (Wildman–Crippen LogP) is 1.28. The van der Waals surface area contributed by atoms with Gasteiger partial charge in [0.2, 0.25) is 10.0 Å². The van der Waals surface area contributed by atoms with E-state index < -0.39 is 27.7 Å². The average Bonchev–Trinajstić information content (AvgIpc) is 3.31. The number of hydrazine groups is 1. The first kappa shape index (κ1) is 23.4. The van der Waals surface area contributed by atoms with E-state index in [1.54, 1.807) is 12.1 Å². The minimum atomic E-state index is -3.66. The molecule has 0 unspecified atom stereocenters. The molecule has 170 valence electrons. The highest BCUT2D eigenvalue weighted by Gasteiger charge is 2.27. The number of sulfonamides is 1. The van der Waals surface area contributed by atoms with Crippen molar-refractivity contribution in [2.45, 2.75) is 31.6 Å². The summed E-state index contributed by atoms with van der Waals surface area (Å²) >= 11 is 0. The van der Waals surface area contributed by atoms with Crippen molar-refractivity contribution in [3.05, 3.63) is 64.7 Å². The van der Waals surface area contributed by atoms with Crippen molar-refractivity contribution >= 4 is 27.7 Å². The fourth-order valence-corrected chi connectivity index (χ4v) is 5.05. The minimum absolute atomic E-state index is 0.0269. The van der Waals surface area contributed by atoms with Gasteiger partial charge in [-0.25, -0.2) is 8.42 Å². The quantitative estimate of drug-likeness (QED) is 0.563. The van der Waals surface area contributed by atoms with Gasteiger partial charge in [0.15, 0.2) is 0 Å². The van der Waals surface area contributed by atoms with Gasteiger partial charge < -0.3 is 5.32 Å². The number of carbonyl (C=O) groups is 3. The highest BCUT2D eigenvalue weighted by Crippen LogP contribution is 2.21. The number of hydrogen-bond donors (Lipinski definition) is 3. The van der Waals surface area contributed by atoms with E-state index in [4.69, 9.17) is 0 Å². The Kier molecular flexibility index (Phi) is 7.26. The summed E-state index contributed by atoms with van der Waals surface area (Å²) in [5.41, 5.74) is 6.83. The van der Waals surface area contributed by atoms with E-state index >= 15 is 0 Å². The third-order valence-corrected chi connectivity index (χ3v) is 6.90. The molecular formula is C22H26N4O5S. The summed E-state index contributed by atoms with van der Waals surface area (Å²) in [6.45, 7) is 4.33. The number of benzene rings is 2. The molecule has 1 aliphatic heterocycles. The van der Waals surface area contributed by atoms with Gasteiger partial charge in [-0.2, -0.15) is 4.31 Å². The van der Waals surface area contributed by atoms with Gasteiger partial charge in [0.1, 0.15) is 0 Å². The SMILES string of the molecule is Cc1cc(C)cc(C(=O)NCC(=O)NNC(=O)c2cccc(S(=O)(=O)N3CCCC3)c2)c1. The van der Waals surface area contributed by atoms with Crippen molar-refractivity contribution in [2.75, 3.05) is 19.6 Å². The Morgan fingerprint density at radius 1 is 0.875 bits per heavy atom. The summed E-state index contributed by atoms with van der Waals surface area (Å²) in [5.74, 6) is -1.70. The van der Waals surface area contributed by atoms with E-state index in [1.165, 1.54) is 28.6 Å². The molecule has 2 aromatic carbocycles. The summed E-state index contributed by atoms with van der Waals surface area (Å²) in [4.78, 5) is 36.6. The molecule has 0 saturated carbocycles. The second-order valence-corrected chi connectivity index (χ2v) is 9.64. The van der Waals surface area contributed by atoms with Crippen LogP contribution in [-0.2, 0) is 14.8 Å². The molecule has 10 heteroatoms. The molecule has 1 fully saturated rings. The van der Waals surface area contributed by atoms with Gasteiger partial charge in [-0.15, -0.1) is 0 Å². The summed E-state index contributed by atoms with van der Waals surface area (Å²) < 4.78 is 26.7. The first-order valence-corrected chi connectivity index (χ1v) is 11.7. The van der Waals surface area contributed by atoms with Crippen LogP contribution in [0, 0.1) is 13.8 Å². The van der Waals surface area contributed by atoms with Crippen LogP contribution in [0.5, 0.6) is 0 Å². The Balaban J connectivity index is 1.54. The van der Waals surface area contributed by atoms with E-state index in [1.807, 2.05) is 19.9 Å². The molecule has 1 aliphatic rings. The van der Waals surface area contributed by atoms with Crippen molar-refractivity contribution in [1.82, 2.24) is 20.5 Å². The van der Waals surface area contributed by atoms with Gasteiger partial charge in [-0.3, -0.25) is 25.2 Å². The van der Waals surface area contributed by atoms with E-state index in [2.05, 4.69) is 16.2 Å². The average molecular weight is 459 g/mol. The van der Waals surface area contributed by atoms with Crippen molar-refractivity contribution in [3.63, 3.8) is 0 Å². The lowest BCUT2D eigenvalue weighted by molar-refractivity contribution is -0.120. The molecule has 0 radical (unpaired) electrons. The zero-order valence-corrected chi connectivity index (χ0v) is 18.8. The van der Waals surface area contributed by atoms with Gasteiger partial charge in [0, 0.05) is 24.2 Å². The van der Waals surface area contributed by atoms with Crippen LogP contribution in [0.4, 0.5) is 0 Å². The monoisotopic (exact) mass is 458 g/mol. The zero-order chi connectivity index (χ0) is 23.3. The third kappa shape index (κ3) is 5.71. The number of nitrogens with zero attached hydrogens (tertiary/aromatic N) is 1. The number of hydrogen-bond acceptors (Lipinski definition) is 5. The van der Waals surface area contributed by atoms with E-state index in [0.29, 0.717) is 18.7 Å². The Morgan fingerprint density at radius 3 is 2.19 bits per heavy atom. The van der Waals surface area contributed by atoms with Crippen molar-refractivity contribution in [2.24, 2.45) is 0 Å². The fourth-order valence-electron chi connectivity index (χ4n) is 3.49. The summed E-state index contributed by atoms with van der Waals surface area (Å²) in [5, 5.41) is 2.49. The third-order valence-electron chi connectivity index (χ3n) is 5.01. The molecule has 1 saturated heterocycles. The molecular weight excluding hydrogens is 432 g/mol. The van der Waals surface area contributed by atoms with Gasteiger partial charge in [-0.05, 0) is 57.0 Å². The molecule has 2 aromatic rings. The van der Waals surface area contributed by atoms with Gasteiger partial charge >= 0.3 is 0 Å². The van der Waals surface area contributed by atoms with Crippen LogP contribution in [0.3, 0.4) is 0 Å². The molecule has 0 bridgehead atoms. The normalized spacial score (nSPS) is 14.1. The van der Waals surface area contributed by atoms with Crippen LogP contribution in [0.25, 0.3) is 0 Å². The van der Waals surface area contributed by atoms with Crippen molar-refractivity contribution < 1.29 is 22.8 Å². The van der Waals surface area contributed by atoms with Crippen LogP contribution in [0.15, 0.2) is 47.4 Å². The molecule has 9 nitrogen and oxygen atoms in total. The number of aryl methyl sites for hydroxylation is 2. The summed E-state index contributed by atoms with van der Waals surface area (Å²) in [6, 6.07) is 11.0. The van der Waals surface area contributed by atoms with Crippen LogP contribution < -0.4 is 16.2 Å². The maximum absolute atomic E-state index is 12.7. The van der Waals surface area contributed by atoms with Crippen molar-refractivity contribution in [3.8, 4) is 0 Å². The maximum atomic E-state index is 12.7. The number of amides is 3. The largest absolute Gasteiger partial charge is 0.343 e. The zero-order valence-electron chi connectivity index (χ0n) is 18.0. The number of nitrogens with one attached hydrogen (secondary N) is 3. The molecule has 3 N–H and O–H groups in total. The topological polar surface area (TPSA) is 125 Å². The minimum Gasteiger partial charge on any atom is -0.343 e. The fraction of sp³-hybridized carbons (Fsp3) is 0.318. The molecule has 3 amide bonds. The van der Waals surface area contributed by atoms with Gasteiger partial charge in [0.25, 0.3) is 17.7 Å². The first-order chi connectivity index (χ1) is 15.2. The first-order valence-electron chi connectivity index (χ1n) is 10.2. The van der Waals surface area contributed by atoms with E-state index in [-0.39, 0.29) is 17.0 Å².